The van der Waals surface area contributed by atoms with Crippen LogP contribution in [0.25, 0.3) is 22.6 Å². The van der Waals surface area contributed by atoms with E-state index in [1.807, 2.05) is 0 Å². The van der Waals surface area contributed by atoms with Crippen LogP contribution < -0.4 is 4.90 Å². The van der Waals surface area contributed by atoms with Crippen molar-refractivity contribution in [2.45, 2.75) is 57.8 Å². The number of H-pyrrole nitrogens is 1. The van der Waals surface area contributed by atoms with E-state index in [0.29, 0.717) is 58.3 Å². The predicted molar refractivity (Wildman–Crippen MR) is 128 cm³/mol. The average Bonchev–Trinajstić information content (AvgIpc) is 3.26. The fourth-order valence-corrected chi connectivity index (χ4v) is 6.62. The molecule has 0 unspecified atom stereocenters. The molecule has 1 saturated heterocycles. The molecule has 0 aromatic carbocycles. The maximum Gasteiger partial charge on any atom is 0.251 e. The van der Waals surface area contributed by atoms with Crippen molar-refractivity contribution in [3.8, 4) is 11.4 Å². The molecular formula is C25H28ClF3N6. The number of alkyl halides is 2. The highest BCUT2D eigenvalue weighted by atomic mass is 35.5. The number of piperidine rings is 1. The molecule has 3 saturated carbocycles. The summed E-state index contributed by atoms with van der Waals surface area (Å²) in [6, 6.07) is 0. The minimum Gasteiger partial charge on any atom is -0.354 e. The number of aromatic nitrogens is 5. The SMILES string of the molecule is C[C@H]1C2CCC(CC2)[C@@H]1Cc1nc(-c2c[nH]c3ncc(Cl)nc23)nc(N2CCC(F)(F)CC2)c1F. The molecule has 4 aliphatic rings. The minimum absolute atomic E-state index is 0.0455. The van der Waals surface area contributed by atoms with Crippen molar-refractivity contribution in [2.24, 2.45) is 23.7 Å². The van der Waals surface area contributed by atoms with E-state index in [2.05, 4.69) is 26.9 Å². The number of halogens is 4. The molecule has 0 amide bonds. The van der Waals surface area contributed by atoms with Crippen molar-refractivity contribution in [3.05, 3.63) is 29.1 Å². The number of rotatable bonds is 4. The summed E-state index contributed by atoms with van der Waals surface area (Å²) in [5.74, 6) is -0.691. The van der Waals surface area contributed by atoms with Crippen LogP contribution in [-0.4, -0.2) is 43.9 Å². The van der Waals surface area contributed by atoms with Gasteiger partial charge in [-0.25, -0.2) is 33.1 Å². The van der Waals surface area contributed by atoms with Crippen LogP contribution in [0.3, 0.4) is 0 Å². The van der Waals surface area contributed by atoms with E-state index in [1.165, 1.54) is 31.9 Å². The third-order valence-corrected chi connectivity index (χ3v) is 8.74. The van der Waals surface area contributed by atoms with Crippen LogP contribution in [0, 0.1) is 29.5 Å². The smallest absolute Gasteiger partial charge is 0.251 e. The van der Waals surface area contributed by atoms with Gasteiger partial charge in [-0.1, -0.05) is 18.5 Å². The highest BCUT2D eigenvalue weighted by Gasteiger charge is 2.42. The summed E-state index contributed by atoms with van der Waals surface area (Å²) in [6.45, 7) is 2.37. The molecule has 1 aliphatic heterocycles. The van der Waals surface area contributed by atoms with Crippen LogP contribution in [0.5, 0.6) is 0 Å². The van der Waals surface area contributed by atoms with E-state index in [-0.39, 0.29) is 36.9 Å². The zero-order valence-corrected chi connectivity index (χ0v) is 20.3. The number of nitrogens with zero attached hydrogens (tertiary/aromatic N) is 5. The second-order valence-corrected chi connectivity index (χ2v) is 10.9. The third kappa shape index (κ3) is 4.15. The fourth-order valence-electron chi connectivity index (χ4n) is 6.49. The number of hydrogen-bond donors (Lipinski definition) is 1. The van der Waals surface area contributed by atoms with E-state index in [0.717, 1.165) is 0 Å². The van der Waals surface area contributed by atoms with Gasteiger partial charge in [0, 0.05) is 32.1 Å². The molecule has 7 rings (SSSR count). The average molecular weight is 505 g/mol. The lowest BCUT2D eigenvalue weighted by Crippen LogP contribution is -2.41. The monoisotopic (exact) mass is 504 g/mol. The van der Waals surface area contributed by atoms with E-state index < -0.39 is 11.7 Å². The molecule has 1 N–H and O–H groups in total. The minimum atomic E-state index is -2.73. The van der Waals surface area contributed by atoms with Crippen LogP contribution in [-0.2, 0) is 6.42 Å². The highest BCUT2D eigenvalue weighted by molar-refractivity contribution is 6.29. The first-order valence-corrected chi connectivity index (χ1v) is 12.9. The van der Waals surface area contributed by atoms with Crippen LogP contribution in [0.15, 0.2) is 12.4 Å². The Morgan fingerprint density at radius 1 is 1.09 bits per heavy atom. The van der Waals surface area contributed by atoms with Crippen molar-refractivity contribution >= 4 is 28.6 Å². The Balaban J connectivity index is 1.43. The van der Waals surface area contributed by atoms with Gasteiger partial charge in [0.2, 0.25) is 0 Å². The first kappa shape index (κ1) is 23.0. The van der Waals surface area contributed by atoms with Gasteiger partial charge in [-0.05, 0) is 55.8 Å². The highest BCUT2D eigenvalue weighted by Crippen LogP contribution is 2.50. The third-order valence-electron chi connectivity index (χ3n) is 8.56. The van der Waals surface area contributed by atoms with Gasteiger partial charge < -0.3 is 9.88 Å². The van der Waals surface area contributed by atoms with Crippen molar-refractivity contribution in [1.82, 2.24) is 24.9 Å². The summed E-state index contributed by atoms with van der Waals surface area (Å²) >= 11 is 6.08. The van der Waals surface area contributed by atoms with Crippen molar-refractivity contribution in [2.75, 3.05) is 18.0 Å². The zero-order valence-electron chi connectivity index (χ0n) is 19.6. The number of fused-ring (bicyclic) bond motifs is 4. The second-order valence-electron chi connectivity index (χ2n) is 10.5. The molecule has 186 valence electrons. The standard InChI is InChI=1S/C25H28ClF3N6/c1-13-14-2-4-15(5-3-14)16(13)10-18-20(27)24(35-8-6-25(28,29)7-9-35)34-22(32-18)17-11-30-23-21(17)33-19(26)12-31-23/h11-16H,2-10H2,1H3,(H,30,31)/t13-,14?,15?,16+/m0/s1. The quantitative estimate of drug-likeness (QED) is 0.468. The normalized spacial score (nSPS) is 28.1. The summed E-state index contributed by atoms with van der Waals surface area (Å²) in [6.07, 6.45) is 7.89. The van der Waals surface area contributed by atoms with Crippen LogP contribution in [0.4, 0.5) is 19.0 Å². The molecular weight excluding hydrogens is 477 g/mol. The molecule has 2 atom stereocenters. The molecule has 3 aromatic rings. The Morgan fingerprint density at radius 3 is 2.51 bits per heavy atom. The summed E-state index contributed by atoms with van der Waals surface area (Å²) in [5, 5.41) is 0.228. The summed E-state index contributed by atoms with van der Waals surface area (Å²) in [5.41, 5.74) is 1.95. The topological polar surface area (TPSA) is 70.6 Å². The summed E-state index contributed by atoms with van der Waals surface area (Å²) < 4.78 is 43.6. The van der Waals surface area contributed by atoms with Crippen LogP contribution in [0.2, 0.25) is 5.15 Å². The molecule has 4 heterocycles. The van der Waals surface area contributed by atoms with Gasteiger partial charge in [0.05, 0.1) is 17.5 Å². The summed E-state index contributed by atoms with van der Waals surface area (Å²) in [7, 11) is 0. The van der Waals surface area contributed by atoms with E-state index in [4.69, 9.17) is 16.6 Å². The van der Waals surface area contributed by atoms with Crippen LogP contribution in [0.1, 0.15) is 51.1 Å². The second kappa shape index (κ2) is 8.61. The van der Waals surface area contributed by atoms with Crippen LogP contribution >= 0.6 is 11.6 Å². The maximum atomic E-state index is 16.0. The number of aromatic amines is 1. The van der Waals surface area contributed by atoms with Gasteiger partial charge in [-0.3, -0.25) is 0 Å². The van der Waals surface area contributed by atoms with E-state index in [1.54, 1.807) is 11.1 Å². The fraction of sp³-hybridized carbons (Fsp3) is 0.600. The Bertz CT molecular complexity index is 1240. The molecule has 0 spiro atoms. The Morgan fingerprint density at radius 2 is 1.80 bits per heavy atom. The van der Waals surface area contributed by atoms with Crippen molar-refractivity contribution in [3.63, 3.8) is 0 Å². The Hall–Kier alpha value is -2.42. The molecule has 35 heavy (non-hydrogen) atoms. The van der Waals surface area contributed by atoms with Gasteiger partial charge in [0.15, 0.2) is 23.1 Å². The number of hydrogen-bond acceptors (Lipinski definition) is 5. The zero-order chi connectivity index (χ0) is 24.3. The van der Waals surface area contributed by atoms with Gasteiger partial charge in [-0.2, -0.15) is 0 Å². The number of nitrogens with one attached hydrogen (secondary N) is 1. The van der Waals surface area contributed by atoms with Gasteiger partial charge in [0.25, 0.3) is 5.92 Å². The largest absolute Gasteiger partial charge is 0.354 e. The lowest BCUT2D eigenvalue weighted by Gasteiger charge is -2.47. The van der Waals surface area contributed by atoms with Crippen molar-refractivity contribution < 1.29 is 13.2 Å². The molecule has 10 heteroatoms. The summed E-state index contributed by atoms with van der Waals surface area (Å²) in [4.78, 5) is 22.5. The van der Waals surface area contributed by atoms with Gasteiger partial charge in [-0.15, -0.1) is 0 Å². The maximum absolute atomic E-state index is 16.0. The molecule has 6 nitrogen and oxygen atoms in total. The lowest BCUT2D eigenvalue weighted by molar-refractivity contribution is -0.0222. The first-order valence-electron chi connectivity index (χ1n) is 12.5. The molecule has 3 aliphatic carbocycles. The van der Waals surface area contributed by atoms with Crippen molar-refractivity contribution in [1.29, 1.82) is 0 Å². The van der Waals surface area contributed by atoms with E-state index >= 15 is 4.39 Å². The van der Waals surface area contributed by atoms with Gasteiger partial charge >= 0.3 is 0 Å². The molecule has 2 bridgehead atoms. The lowest BCUT2D eigenvalue weighted by atomic mass is 9.58. The molecule has 3 aromatic heterocycles. The number of anilines is 1. The Kier molecular flexibility index (Phi) is 5.66. The van der Waals surface area contributed by atoms with E-state index in [9.17, 15) is 8.78 Å². The first-order chi connectivity index (χ1) is 16.8. The molecule has 4 fully saturated rings. The van der Waals surface area contributed by atoms with Gasteiger partial charge in [0.1, 0.15) is 10.7 Å². The Labute approximate surface area is 206 Å². The molecule has 0 radical (unpaired) electrons. The predicted octanol–water partition coefficient (Wildman–Crippen LogP) is 6.06.